The Morgan fingerprint density at radius 3 is 2.71 bits per heavy atom. The summed E-state index contributed by atoms with van der Waals surface area (Å²) in [6.45, 7) is 5.45. The molecule has 116 valence electrons. The third-order valence-corrected chi connectivity index (χ3v) is 3.61. The van der Waals surface area contributed by atoms with Crippen LogP contribution < -0.4 is 15.8 Å². The van der Waals surface area contributed by atoms with Crippen molar-refractivity contribution in [1.82, 2.24) is 5.32 Å². The van der Waals surface area contributed by atoms with Crippen molar-refractivity contribution in [3.8, 4) is 5.75 Å². The molecule has 2 rings (SSSR count). The first-order chi connectivity index (χ1) is 10.0. The molecule has 21 heavy (non-hydrogen) atoms. The molecular weight excluding hydrogens is 268 g/mol. The van der Waals surface area contributed by atoms with Crippen molar-refractivity contribution in [2.24, 2.45) is 5.73 Å². The fraction of sp³-hybridized carbons (Fsp3) is 0.562. The maximum atomic E-state index is 12.3. The highest BCUT2D eigenvalue weighted by atomic mass is 16.5. The zero-order chi connectivity index (χ0) is 15.3. The Morgan fingerprint density at radius 1 is 1.38 bits per heavy atom. The van der Waals surface area contributed by atoms with Gasteiger partial charge in [-0.2, -0.15) is 0 Å². The molecule has 0 atom stereocenters. The number of hydrogen-bond acceptors (Lipinski definition) is 4. The van der Waals surface area contributed by atoms with Gasteiger partial charge in [0.2, 0.25) is 5.91 Å². The fourth-order valence-electron chi connectivity index (χ4n) is 2.33. The van der Waals surface area contributed by atoms with Crippen LogP contribution in [0.15, 0.2) is 24.3 Å². The number of amides is 1. The van der Waals surface area contributed by atoms with Crippen molar-refractivity contribution in [1.29, 1.82) is 0 Å². The number of nitrogens with two attached hydrogens (primary N) is 1. The van der Waals surface area contributed by atoms with E-state index in [1.165, 1.54) is 0 Å². The number of rotatable bonds is 5. The minimum atomic E-state index is -0.813. The molecule has 1 aromatic rings. The second-order valence-corrected chi connectivity index (χ2v) is 5.73. The first-order valence-electron chi connectivity index (χ1n) is 7.41. The number of benzene rings is 1. The van der Waals surface area contributed by atoms with Crippen LogP contribution >= 0.6 is 0 Å². The predicted molar refractivity (Wildman–Crippen MR) is 81.0 cm³/mol. The van der Waals surface area contributed by atoms with E-state index < -0.39 is 5.54 Å². The van der Waals surface area contributed by atoms with Gasteiger partial charge in [0.05, 0.1) is 11.6 Å². The molecule has 1 saturated heterocycles. The Hall–Kier alpha value is -1.59. The molecule has 5 heteroatoms. The number of ether oxygens (including phenoxy) is 2. The van der Waals surface area contributed by atoms with Crippen molar-refractivity contribution in [2.45, 2.75) is 44.9 Å². The molecule has 1 aliphatic heterocycles. The van der Waals surface area contributed by atoms with Gasteiger partial charge in [-0.05, 0) is 32.8 Å². The molecule has 1 amide bonds. The summed E-state index contributed by atoms with van der Waals surface area (Å²) in [6.07, 6.45) is 1.21. The number of nitrogens with one attached hydrogen (secondary N) is 1. The third kappa shape index (κ3) is 4.19. The molecule has 0 unspecified atom stereocenters. The Labute approximate surface area is 125 Å². The van der Waals surface area contributed by atoms with Gasteiger partial charge in [-0.3, -0.25) is 4.79 Å². The summed E-state index contributed by atoms with van der Waals surface area (Å²) in [6, 6.07) is 7.71. The molecule has 0 bridgehead atoms. The van der Waals surface area contributed by atoms with Crippen LogP contribution in [0.25, 0.3) is 0 Å². The average Bonchev–Trinajstić information content (AvgIpc) is 2.46. The van der Waals surface area contributed by atoms with Crippen molar-refractivity contribution < 1.29 is 14.3 Å². The summed E-state index contributed by atoms with van der Waals surface area (Å²) in [5.74, 6) is 0.677. The van der Waals surface area contributed by atoms with E-state index in [1.807, 2.05) is 38.1 Å². The molecule has 0 aliphatic carbocycles. The van der Waals surface area contributed by atoms with E-state index >= 15 is 0 Å². The molecule has 0 aromatic heterocycles. The highest BCUT2D eigenvalue weighted by molar-refractivity contribution is 5.86. The second kappa shape index (κ2) is 6.91. The van der Waals surface area contributed by atoms with Gasteiger partial charge in [-0.15, -0.1) is 0 Å². The Balaban J connectivity index is 1.98. The van der Waals surface area contributed by atoms with Crippen LogP contribution in [0.5, 0.6) is 5.75 Å². The van der Waals surface area contributed by atoms with Gasteiger partial charge in [0.15, 0.2) is 0 Å². The standard InChI is InChI=1S/C16H24N2O3/c1-12(2)21-14-6-4-3-5-13(14)11-18-15(19)16(17)7-9-20-10-8-16/h3-6,12H,7-11,17H2,1-2H3,(H,18,19). The topological polar surface area (TPSA) is 73.6 Å². The van der Waals surface area contributed by atoms with E-state index in [1.54, 1.807) is 0 Å². The summed E-state index contributed by atoms with van der Waals surface area (Å²) in [7, 11) is 0. The summed E-state index contributed by atoms with van der Waals surface area (Å²) in [4.78, 5) is 12.3. The summed E-state index contributed by atoms with van der Waals surface area (Å²) in [5, 5.41) is 2.92. The van der Waals surface area contributed by atoms with Gasteiger partial charge in [-0.25, -0.2) is 0 Å². The van der Waals surface area contributed by atoms with E-state index in [4.69, 9.17) is 15.2 Å². The molecule has 0 radical (unpaired) electrons. The van der Waals surface area contributed by atoms with Gasteiger partial charge < -0.3 is 20.5 Å². The normalized spacial score (nSPS) is 17.5. The lowest BCUT2D eigenvalue weighted by Gasteiger charge is -2.31. The molecule has 1 aliphatic rings. The van der Waals surface area contributed by atoms with Crippen molar-refractivity contribution in [3.63, 3.8) is 0 Å². The molecule has 1 aromatic carbocycles. The lowest BCUT2D eigenvalue weighted by molar-refractivity contribution is -0.129. The van der Waals surface area contributed by atoms with Crippen molar-refractivity contribution >= 4 is 5.91 Å². The van der Waals surface area contributed by atoms with Gasteiger partial charge in [-0.1, -0.05) is 18.2 Å². The highest BCUT2D eigenvalue weighted by Gasteiger charge is 2.35. The molecule has 5 nitrogen and oxygen atoms in total. The van der Waals surface area contributed by atoms with Crippen LogP contribution in [0.4, 0.5) is 0 Å². The highest BCUT2D eigenvalue weighted by Crippen LogP contribution is 2.21. The van der Waals surface area contributed by atoms with E-state index in [0.29, 0.717) is 32.6 Å². The fourth-order valence-corrected chi connectivity index (χ4v) is 2.33. The lowest BCUT2D eigenvalue weighted by atomic mass is 9.90. The van der Waals surface area contributed by atoms with Crippen LogP contribution in [0.2, 0.25) is 0 Å². The molecule has 1 fully saturated rings. The molecule has 3 N–H and O–H groups in total. The molecule has 0 spiro atoms. The van der Waals surface area contributed by atoms with E-state index in [9.17, 15) is 4.79 Å². The van der Waals surface area contributed by atoms with Gasteiger partial charge in [0.25, 0.3) is 0 Å². The zero-order valence-corrected chi connectivity index (χ0v) is 12.7. The summed E-state index contributed by atoms with van der Waals surface area (Å²) < 4.78 is 11.0. The van der Waals surface area contributed by atoms with Crippen molar-refractivity contribution in [3.05, 3.63) is 29.8 Å². The van der Waals surface area contributed by atoms with Crippen LogP contribution in [-0.2, 0) is 16.1 Å². The SMILES string of the molecule is CC(C)Oc1ccccc1CNC(=O)C1(N)CCOCC1. The number of carbonyl (C=O) groups is 1. The van der Waals surface area contributed by atoms with Crippen LogP contribution in [0, 0.1) is 0 Å². The Kier molecular flexibility index (Phi) is 5.20. The largest absolute Gasteiger partial charge is 0.491 e. The molecule has 1 heterocycles. The first kappa shape index (κ1) is 15.8. The smallest absolute Gasteiger partial charge is 0.240 e. The monoisotopic (exact) mass is 292 g/mol. The zero-order valence-electron chi connectivity index (χ0n) is 12.7. The quantitative estimate of drug-likeness (QED) is 0.864. The molecular formula is C16H24N2O3. The average molecular weight is 292 g/mol. The first-order valence-corrected chi connectivity index (χ1v) is 7.41. The Bertz CT molecular complexity index is 482. The van der Waals surface area contributed by atoms with Gasteiger partial charge in [0.1, 0.15) is 5.75 Å². The van der Waals surface area contributed by atoms with E-state index in [0.717, 1.165) is 11.3 Å². The number of carbonyl (C=O) groups excluding carboxylic acids is 1. The van der Waals surface area contributed by atoms with E-state index in [-0.39, 0.29) is 12.0 Å². The van der Waals surface area contributed by atoms with Crippen LogP contribution in [-0.4, -0.2) is 30.8 Å². The third-order valence-electron chi connectivity index (χ3n) is 3.61. The minimum absolute atomic E-state index is 0.0956. The second-order valence-electron chi connectivity index (χ2n) is 5.73. The van der Waals surface area contributed by atoms with Gasteiger partial charge >= 0.3 is 0 Å². The maximum Gasteiger partial charge on any atom is 0.240 e. The van der Waals surface area contributed by atoms with Crippen molar-refractivity contribution in [2.75, 3.05) is 13.2 Å². The van der Waals surface area contributed by atoms with E-state index in [2.05, 4.69) is 5.32 Å². The molecule has 0 saturated carbocycles. The van der Waals surface area contributed by atoms with Crippen LogP contribution in [0.1, 0.15) is 32.3 Å². The summed E-state index contributed by atoms with van der Waals surface area (Å²) >= 11 is 0. The summed E-state index contributed by atoms with van der Waals surface area (Å²) in [5.41, 5.74) is 6.30. The van der Waals surface area contributed by atoms with Gasteiger partial charge in [0, 0.05) is 25.3 Å². The lowest BCUT2D eigenvalue weighted by Crippen LogP contribution is -2.56. The number of hydrogen-bond donors (Lipinski definition) is 2. The maximum absolute atomic E-state index is 12.3. The predicted octanol–water partition coefficient (Wildman–Crippen LogP) is 1.60. The number of para-hydroxylation sites is 1. The van der Waals surface area contributed by atoms with Crippen LogP contribution in [0.3, 0.4) is 0 Å². The minimum Gasteiger partial charge on any atom is -0.491 e. The Morgan fingerprint density at radius 2 is 2.05 bits per heavy atom.